The first-order chi connectivity index (χ1) is 18.5. The van der Waals surface area contributed by atoms with Gasteiger partial charge in [-0.3, -0.25) is 0 Å². The minimum Gasteiger partial charge on any atom is -1.00 e. The summed E-state index contributed by atoms with van der Waals surface area (Å²) in [6.07, 6.45) is 4.74. The van der Waals surface area contributed by atoms with Crippen molar-refractivity contribution in [2.24, 2.45) is 0 Å². The molecule has 0 radical (unpaired) electrons. The van der Waals surface area contributed by atoms with Crippen molar-refractivity contribution in [1.82, 2.24) is 0 Å². The first-order valence-corrected chi connectivity index (χ1v) is 13.4. The molecule has 6 rings (SSSR count). The molecule has 0 bridgehead atoms. The van der Waals surface area contributed by atoms with Gasteiger partial charge < -0.3 is 24.8 Å². The zero-order valence-corrected chi connectivity index (χ0v) is 25.7. The van der Waals surface area contributed by atoms with E-state index >= 15 is 0 Å². The second kappa shape index (κ2) is 16.2. The molecule has 5 heteroatoms. The number of rotatable bonds is 4. The number of hydrogen-bond donors (Lipinski definition) is 0. The Morgan fingerprint density at radius 3 is 1.82 bits per heavy atom. The normalized spacial score (nSPS) is 10.1. The summed E-state index contributed by atoms with van der Waals surface area (Å²) < 4.78 is 27.0. The quantitative estimate of drug-likeness (QED) is 0.259. The Morgan fingerprint density at radius 2 is 1.32 bits per heavy atom. The zero-order chi connectivity index (χ0) is 26.9. The molecule has 40 heavy (non-hydrogen) atoms. The van der Waals surface area contributed by atoms with E-state index in [0.29, 0.717) is 0 Å². The Kier molecular flexibility index (Phi) is 13.4. The van der Waals surface area contributed by atoms with Gasteiger partial charge in [0.25, 0.3) is 0 Å². The van der Waals surface area contributed by atoms with Crippen LogP contribution < -0.4 is 24.8 Å². The Hall–Kier alpha value is -3.10. The molecule has 0 atom stereocenters. The van der Waals surface area contributed by atoms with Crippen molar-refractivity contribution in [2.75, 3.05) is 0 Å². The van der Waals surface area contributed by atoms with E-state index in [1.165, 1.54) is 52.1 Å². The predicted octanol–water partition coefficient (Wildman–Crippen LogP) is 2.84. The van der Waals surface area contributed by atoms with E-state index < -0.39 is 0 Å². The molecule has 0 spiro atoms. The molecule has 0 saturated carbocycles. The molecule has 0 nitrogen and oxygen atoms in total. The molecule has 5 aromatic carbocycles. The second-order valence-electron chi connectivity index (χ2n) is 8.68. The van der Waals surface area contributed by atoms with Crippen LogP contribution in [0.1, 0.15) is 33.4 Å². The van der Waals surface area contributed by atoms with Gasteiger partial charge in [-0.15, -0.1) is 23.8 Å². The van der Waals surface area contributed by atoms with Crippen LogP contribution in [0.2, 0.25) is 0 Å². The predicted molar refractivity (Wildman–Crippen MR) is 152 cm³/mol. The fraction of sp³-hybridized carbons (Fsp3) is 0.0286. The molecule has 0 aliphatic heterocycles. The molecule has 0 amide bonds. The summed E-state index contributed by atoms with van der Waals surface area (Å²) in [7, 11) is 0. The van der Waals surface area contributed by atoms with Crippen LogP contribution in [-0.2, 0) is 30.7 Å². The van der Waals surface area contributed by atoms with Crippen molar-refractivity contribution >= 4 is 15.4 Å². The second-order valence-corrected chi connectivity index (χ2v) is 9.91. The average Bonchev–Trinajstić information content (AvgIpc) is 3.64. The third kappa shape index (κ3) is 8.70. The molecule has 5 aromatic rings. The van der Waals surface area contributed by atoms with Crippen LogP contribution >= 0.6 is 0 Å². The summed E-state index contributed by atoms with van der Waals surface area (Å²) in [5.74, 6) is -0.539. The van der Waals surface area contributed by atoms with Gasteiger partial charge in [0.15, 0.2) is 0 Å². The number of halogens is 4. The minimum atomic E-state index is -0.270. The van der Waals surface area contributed by atoms with Gasteiger partial charge in [-0.05, 0) is 12.0 Å². The van der Waals surface area contributed by atoms with Crippen LogP contribution in [0.3, 0.4) is 0 Å². The van der Waals surface area contributed by atoms with Crippen LogP contribution in [0.25, 0.3) is 23.3 Å². The largest absolute Gasteiger partial charge is 1.00 e. The summed E-state index contributed by atoms with van der Waals surface area (Å²) in [5, 5.41) is 0. The smallest absolute Gasteiger partial charge is 0.172 e. The number of fused-ring (bicyclic) bond motifs is 3. The van der Waals surface area contributed by atoms with Crippen LogP contribution in [0.15, 0.2) is 122 Å². The summed E-state index contributed by atoms with van der Waals surface area (Å²) in [5.41, 5.74) is 9.18. The molecular formula is C35H26Cl2F2Zr-2. The minimum absolute atomic E-state index is 0. The Labute approximate surface area is 262 Å². The van der Waals surface area contributed by atoms with E-state index in [0.717, 1.165) is 50.6 Å². The van der Waals surface area contributed by atoms with E-state index in [-0.39, 0.29) is 36.4 Å². The number of hydrogen-bond acceptors (Lipinski definition) is 0. The first kappa shape index (κ1) is 33.1. The summed E-state index contributed by atoms with van der Waals surface area (Å²) in [4.78, 5) is 0. The first-order valence-electron chi connectivity index (χ1n) is 12.2. The fourth-order valence-corrected chi connectivity index (χ4v) is 4.90. The van der Waals surface area contributed by atoms with Gasteiger partial charge in [0.1, 0.15) is 0 Å². The standard InChI is InChI=1S/C17H13.C13H8F2.C5H5.2ClH.Zr/c1-3-12-5-7-14-11-15-8-6-13(4-2)10-17(15)16(14)9-12;14-12-5-1-3-10(8-12)7-11-4-2-6-13(15)9-11;1-2-4-5-3-1;;;/h3-7,9-10H,1-2,11H2;1-6,8-9H;1-5H;2*1H;/q-1;;-1;;;+2/p-2. The summed E-state index contributed by atoms with van der Waals surface area (Å²) in [6.45, 7) is 7.63. The Balaban J connectivity index is 0.000000229. The van der Waals surface area contributed by atoms with Crippen LogP contribution in [-0.4, -0.2) is 3.21 Å². The average molecular weight is 647 g/mol. The van der Waals surface area contributed by atoms with Gasteiger partial charge in [-0.25, -0.2) is 12.1 Å². The molecule has 0 unspecified atom stereocenters. The van der Waals surface area contributed by atoms with Crippen LogP contribution in [0, 0.1) is 17.7 Å². The van der Waals surface area contributed by atoms with Gasteiger partial charge in [0.2, 0.25) is 0 Å². The van der Waals surface area contributed by atoms with Crippen molar-refractivity contribution < 1.29 is 57.8 Å². The molecule has 0 heterocycles. The van der Waals surface area contributed by atoms with E-state index in [2.05, 4.69) is 43.5 Å². The van der Waals surface area contributed by atoms with Gasteiger partial charge >= 0.3 is 108 Å². The third-order valence-electron chi connectivity index (χ3n) is 6.09. The monoisotopic (exact) mass is 644 g/mol. The molecule has 0 aromatic heterocycles. The van der Waals surface area contributed by atoms with E-state index in [4.69, 9.17) is 0 Å². The SMILES string of the molecule is C=Cc1c[c-]c2c(c1)-c1cc(C=C)ccc1C2.Fc1cccc([C](=[Zr+2])c2cccc(F)c2)c1.[Cl-].[Cl-].c1cc[cH-]c1. The van der Waals surface area contributed by atoms with E-state index in [1.54, 1.807) is 12.1 Å². The molecule has 1 aliphatic carbocycles. The molecule has 0 N–H and O–H groups in total. The topological polar surface area (TPSA) is 0 Å². The van der Waals surface area contributed by atoms with Crippen molar-refractivity contribution in [1.29, 1.82) is 0 Å². The van der Waals surface area contributed by atoms with Crippen LogP contribution in [0.4, 0.5) is 8.78 Å². The van der Waals surface area contributed by atoms with Gasteiger partial charge in [0, 0.05) is 0 Å². The maximum atomic E-state index is 13.0. The van der Waals surface area contributed by atoms with Crippen molar-refractivity contribution in [3.63, 3.8) is 0 Å². The number of benzene rings is 4. The van der Waals surface area contributed by atoms with Gasteiger partial charge in [-0.1, -0.05) is 42.0 Å². The van der Waals surface area contributed by atoms with Crippen molar-refractivity contribution in [2.45, 2.75) is 6.42 Å². The molecule has 1 aliphatic rings. The van der Waals surface area contributed by atoms with Crippen molar-refractivity contribution in [3.8, 4) is 11.1 Å². The van der Waals surface area contributed by atoms with Gasteiger partial charge in [0.05, 0.1) is 0 Å². The molecule has 200 valence electrons. The van der Waals surface area contributed by atoms with E-state index in [1.807, 2.05) is 60.7 Å². The Morgan fingerprint density at radius 1 is 0.750 bits per heavy atom. The summed E-state index contributed by atoms with van der Waals surface area (Å²) >= 11 is 1.13. The fourth-order valence-electron chi connectivity index (χ4n) is 4.14. The van der Waals surface area contributed by atoms with Gasteiger partial charge in [-0.2, -0.15) is 42.0 Å². The molecule has 0 saturated heterocycles. The maximum Gasteiger partial charge on any atom is -0.172 e. The Bertz CT molecular complexity index is 1450. The van der Waals surface area contributed by atoms with Crippen LogP contribution in [0.5, 0.6) is 0 Å². The molecular weight excluding hydrogens is 621 g/mol. The molecule has 0 fully saturated rings. The summed E-state index contributed by atoms with van der Waals surface area (Å²) in [6, 6.07) is 36.8. The zero-order valence-electron chi connectivity index (χ0n) is 21.7. The van der Waals surface area contributed by atoms with E-state index in [9.17, 15) is 8.78 Å². The maximum absolute atomic E-state index is 13.0. The van der Waals surface area contributed by atoms with Crippen molar-refractivity contribution in [3.05, 3.63) is 173 Å². The third-order valence-corrected chi connectivity index (χ3v) is 7.51.